The number of allylic oxidation sites excluding steroid dienone is 1. The van der Waals surface area contributed by atoms with E-state index in [1.165, 1.54) is 25.1 Å². The van der Waals surface area contributed by atoms with E-state index >= 15 is 0 Å². The maximum atomic E-state index is 10.5. The van der Waals surface area contributed by atoms with Gasteiger partial charge in [0.15, 0.2) is 0 Å². The minimum atomic E-state index is -0.981. The fourth-order valence-electron chi connectivity index (χ4n) is 1.16. The maximum absolute atomic E-state index is 10.5. The summed E-state index contributed by atoms with van der Waals surface area (Å²) < 4.78 is 0. The molecule has 1 aromatic carbocycles. The molecule has 1 rings (SSSR count). The van der Waals surface area contributed by atoms with Gasteiger partial charge >= 0.3 is 5.97 Å². The van der Waals surface area contributed by atoms with Crippen molar-refractivity contribution in [3.8, 4) is 0 Å². The zero-order chi connectivity index (χ0) is 12.1. The summed E-state index contributed by atoms with van der Waals surface area (Å²) in [4.78, 5) is 20.5. The van der Waals surface area contributed by atoms with Crippen LogP contribution in [0.5, 0.6) is 0 Å². The van der Waals surface area contributed by atoms with Gasteiger partial charge in [-0.3, -0.25) is 10.1 Å². The topological polar surface area (TPSA) is 80.4 Å². The largest absolute Gasteiger partial charge is 0.478 e. The third-order valence-corrected chi connectivity index (χ3v) is 2.10. The average molecular weight is 221 g/mol. The molecular weight excluding hydrogens is 210 g/mol. The second-order valence-corrected chi connectivity index (χ2v) is 3.32. The molecule has 0 heterocycles. The van der Waals surface area contributed by atoms with Crippen LogP contribution in [0.3, 0.4) is 0 Å². The molecule has 0 bridgehead atoms. The molecule has 0 atom stereocenters. The molecule has 0 aromatic heterocycles. The van der Waals surface area contributed by atoms with E-state index < -0.39 is 10.9 Å². The van der Waals surface area contributed by atoms with Crippen LogP contribution in [-0.2, 0) is 11.2 Å². The highest BCUT2D eigenvalue weighted by Gasteiger charge is 2.05. The molecule has 16 heavy (non-hydrogen) atoms. The zero-order valence-electron chi connectivity index (χ0n) is 8.71. The Morgan fingerprint density at radius 3 is 2.81 bits per heavy atom. The standard InChI is InChI=1S/C11H11NO4/c1-8(11(13)14)5-6-9-3-2-4-10(7-9)12(15)16/h2-5,7H,6H2,1H3,(H,13,14). The highest BCUT2D eigenvalue weighted by atomic mass is 16.6. The normalized spacial score (nSPS) is 11.2. The summed E-state index contributed by atoms with van der Waals surface area (Å²) in [6.07, 6.45) is 1.90. The van der Waals surface area contributed by atoms with Crippen LogP contribution < -0.4 is 0 Å². The summed E-state index contributed by atoms with van der Waals surface area (Å²) in [6.45, 7) is 1.49. The Kier molecular flexibility index (Phi) is 3.77. The van der Waals surface area contributed by atoms with Crippen LogP contribution in [0.25, 0.3) is 0 Å². The van der Waals surface area contributed by atoms with Crippen LogP contribution in [0.4, 0.5) is 5.69 Å². The summed E-state index contributed by atoms with van der Waals surface area (Å²) in [5.74, 6) is -0.981. The molecular formula is C11H11NO4. The number of non-ortho nitro benzene ring substituents is 1. The van der Waals surface area contributed by atoms with E-state index in [9.17, 15) is 14.9 Å². The van der Waals surface area contributed by atoms with Crippen molar-refractivity contribution in [3.05, 3.63) is 51.6 Å². The van der Waals surface area contributed by atoms with Crippen LogP contribution in [0.1, 0.15) is 12.5 Å². The Morgan fingerprint density at radius 2 is 2.25 bits per heavy atom. The molecule has 0 spiro atoms. The van der Waals surface area contributed by atoms with E-state index in [2.05, 4.69) is 0 Å². The number of carbonyl (C=O) groups is 1. The van der Waals surface area contributed by atoms with Gasteiger partial charge in [0.2, 0.25) is 0 Å². The van der Waals surface area contributed by atoms with Crippen molar-refractivity contribution in [2.45, 2.75) is 13.3 Å². The Bertz CT molecular complexity index is 451. The molecule has 5 nitrogen and oxygen atoms in total. The molecule has 0 amide bonds. The smallest absolute Gasteiger partial charge is 0.330 e. The monoisotopic (exact) mass is 221 g/mol. The van der Waals surface area contributed by atoms with Gasteiger partial charge in [0.1, 0.15) is 0 Å². The number of rotatable bonds is 4. The summed E-state index contributed by atoms with van der Waals surface area (Å²) in [5, 5.41) is 19.1. The predicted molar refractivity (Wildman–Crippen MR) is 58.2 cm³/mol. The minimum Gasteiger partial charge on any atom is -0.478 e. The van der Waals surface area contributed by atoms with Crippen LogP contribution in [-0.4, -0.2) is 16.0 Å². The molecule has 0 aliphatic rings. The second kappa shape index (κ2) is 5.06. The molecule has 0 saturated heterocycles. The van der Waals surface area contributed by atoms with Crippen molar-refractivity contribution in [2.24, 2.45) is 0 Å². The van der Waals surface area contributed by atoms with Crippen molar-refractivity contribution in [2.75, 3.05) is 0 Å². The number of carboxylic acid groups (broad SMARTS) is 1. The van der Waals surface area contributed by atoms with E-state index in [0.717, 1.165) is 5.56 Å². The number of benzene rings is 1. The van der Waals surface area contributed by atoms with Gasteiger partial charge in [-0.1, -0.05) is 18.2 Å². The van der Waals surface area contributed by atoms with E-state index in [4.69, 9.17) is 5.11 Å². The number of nitrogens with zero attached hydrogens (tertiary/aromatic N) is 1. The first-order valence-corrected chi connectivity index (χ1v) is 4.64. The van der Waals surface area contributed by atoms with E-state index in [0.29, 0.717) is 6.42 Å². The Labute approximate surface area is 92.2 Å². The number of hydrogen-bond donors (Lipinski definition) is 1. The van der Waals surface area contributed by atoms with Crippen LogP contribution in [0, 0.1) is 10.1 Å². The molecule has 0 aliphatic carbocycles. The highest BCUT2D eigenvalue weighted by molar-refractivity contribution is 5.85. The second-order valence-electron chi connectivity index (χ2n) is 3.32. The van der Waals surface area contributed by atoms with Gasteiger partial charge in [0, 0.05) is 17.7 Å². The minimum absolute atomic E-state index is 0.0129. The Hall–Kier alpha value is -2.17. The maximum Gasteiger partial charge on any atom is 0.330 e. The Morgan fingerprint density at radius 1 is 1.56 bits per heavy atom. The molecule has 1 N–H and O–H groups in total. The quantitative estimate of drug-likeness (QED) is 0.480. The molecule has 84 valence electrons. The molecule has 0 aliphatic heterocycles. The van der Waals surface area contributed by atoms with Gasteiger partial charge in [0.25, 0.3) is 5.69 Å². The van der Waals surface area contributed by atoms with Crippen molar-refractivity contribution < 1.29 is 14.8 Å². The lowest BCUT2D eigenvalue weighted by molar-refractivity contribution is -0.384. The number of hydrogen-bond acceptors (Lipinski definition) is 3. The van der Waals surface area contributed by atoms with Gasteiger partial charge < -0.3 is 5.11 Å². The molecule has 5 heteroatoms. The first-order chi connectivity index (χ1) is 7.50. The number of aliphatic carboxylic acids is 1. The van der Waals surface area contributed by atoms with E-state index in [-0.39, 0.29) is 11.3 Å². The zero-order valence-corrected chi connectivity index (χ0v) is 8.71. The van der Waals surface area contributed by atoms with Gasteiger partial charge in [-0.2, -0.15) is 0 Å². The van der Waals surface area contributed by atoms with Gasteiger partial charge in [-0.15, -0.1) is 0 Å². The molecule has 0 unspecified atom stereocenters. The fraction of sp³-hybridized carbons (Fsp3) is 0.182. The van der Waals surface area contributed by atoms with Crippen LogP contribution in [0.2, 0.25) is 0 Å². The molecule has 1 aromatic rings. The Balaban J connectivity index is 2.82. The first-order valence-electron chi connectivity index (χ1n) is 4.64. The average Bonchev–Trinajstić information content (AvgIpc) is 2.26. The SMILES string of the molecule is CC(=CCc1cccc([N+](=O)[O-])c1)C(=O)O. The number of nitro benzene ring substituents is 1. The van der Waals surface area contributed by atoms with Crippen molar-refractivity contribution >= 4 is 11.7 Å². The molecule has 0 fully saturated rings. The predicted octanol–water partition coefficient (Wildman–Crippen LogP) is 2.17. The summed E-state index contributed by atoms with van der Waals surface area (Å²) in [5.41, 5.74) is 0.959. The lowest BCUT2D eigenvalue weighted by Gasteiger charge is -1.97. The van der Waals surface area contributed by atoms with E-state index in [1.807, 2.05) is 0 Å². The van der Waals surface area contributed by atoms with Crippen LogP contribution in [0.15, 0.2) is 35.9 Å². The lowest BCUT2D eigenvalue weighted by Crippen LogP contribution is -1.97. The third-order valence-electron chi connectivity index (χ3n) is 2.10. The van der Waals surface area contributed by atoms with Crippen molar-refractivity contribution in [3.63, 3.8) is 0 Å². The lowest BCUT2D eigenvalue weighted by atomic mass is 10.1. The number of nitro groups is 1. The molecule has 0 saturated carbocycles. The molecule has 0 radical (unpaired) electrons. The van der Waals surface area contributed by atoms with Crippen molar-refractivity contribution in [1.29, 1.82) is 0 Å². The van der Waals surface area contributed by atoms with Crippen molar-refractivity contribution in [1.82, 2.24) is 0 Å². The number of carboxylic acids is 1. The van der Waals surface area contributed by atoms with Crippen LogP contribution >= 0.6 is 0 Å². The van der Waals surface area contributed by atoms with E-state index in [1.54, 1.807) is 12.1 Å². The third kappa shape index (κ3) is 3.20. The summed E-state index contributed by atoms with van der Waals surface area (Å²) in [7, 11) is 0. The fourth-order valence-corrected chi connectivity index (χ4v) is 1.16. The van der Waals surface area contributed by atoms with Gasteiger partial charge in [-0.25, -0.2) is 4.79 Å². The first kappa shape index (κ1) is 11.9. The summed E-state index contributed by atoms with van der Waals surface area (Å²) in [6, 6.07) is 6.14. The summed E-state index contributed by atoms with van der Waals surface area (Å²) >= 11 is 0. The van der Waals surface area contributed by atoms with Gasteiger partial charge in [-0.05, 0) is 18.9 Å². The van der Waals surface area contributed by atoms with Gasteiger partial charge in [0.05, 0.1) is 4.92 Å². The highest BCUT2D eigenvalue weighted by Crippen LogP contribution is 2.14.